The molecule has 0 aliphatic heterocycles. The van der Waals surface area contributed by atoms with E-state index in [1.807, 2.05) is 84.2 Å². The van der Waals surface area contributed by atoms with E-state index in [9.17, 15) is 8.42 Å². The molecule has 0 aliphatic rings. The molecule has 0 aliphatic carbocycles. The highest BCUT2D eigenvalue weighted by atomic mass is 32.2. The van der Waals surface area contributed by atoms with Gasteiger partial charge >= 0.3 is 0 Å². The van der Waals surface area contributed by atoms with Gasteiger partial charge in [-0.15, -0.1) is 11.3 Å². The number of rotatable bonds is 5. The molecule has 5 aromatic rings. The van der Waals surface area contributed by atoms with Crippen molar-refractivity contribution in [1.82, 2.24) is 9.78 Å². The van der Waals surface area contributed by atoms with Crippen LogP contribution in [0.2, 0.25) is 0 Å². The number of nitrogens with one attached hydrogen (secondary N) is 1. The predicted octanol–water partition coefficient (Wildman–Crippen LogP) is 5.55. The Balaban J connectivity index is 1.64. The van der Waals surface area contributed by atoms with E-state index >= 15 is 0 Å². The first-order valence-corrected chi connectivity index (χ1v) is 11.7. The molecule has 0 amide bonds. The monoisotopic (exact) mass is 431 g/mol. The van der Waals surface area contributed by atoms with E-state index in [1.54, 1.807) is 16.9 Å². The number of thiophene rings is 1. The van der Waals surface area contributed by atoms with Crippen molar-refractivity contribution in [3.8, 4) is 16.3 Å². The van der Waals surface area contributed by atoms with E-state index in [2.05, 4.69) is 9.82 Å². The molecule has 5 nitrogen and oxygen atoms in total. The summed E-state index contributed by atoms with van der Waals surface area (Å²) >= 11 is 1.46. The van der Waals surface area contributed by atoms with Gasteiger partial charge in [0.15, 0.2) is 0 Å². The maximum Gasteiger partial charge on any atom is 0.265 e. The highest BCUT2D eigenvalue weighted by Gasteiger charge is 2.25. The van der Waals surface area contributed by atoms with Gasteiger partial charge in [0.2, 0.25) is 0 Å². The summed E-state index contributed by atoms with van der Waals surface area (Å²) in [7, 11) is -3.88. The maximum atomic E-state index is 13.4. The van der Waals surface area contributed by atoms with E-state index in [0.717, 1.165) is 21.3 Å². The number of anilines is 1. The molecule has 0 bridgehead atoms. The van der Waals surface area contributed by atoms with Crippen LogP contribution in [0.15, 0.2) is 101 Å². The number of nitrogens with zero attached hydrogens (tertiary/aromatic N) is 2. The fraction of sp³-hybridized carbons (Fsp3) is 0. The van der Waals surface area contributed by atoms with Gasteiger partial charge in [0.25, 0.3) is 10.0 Å². The van der Waals surface area contributed by atoms with Crippen LogP contribution in [0.5, 0.6) is 0 Å². The Kier molecular flexibility index (Phi) is 4.61. The first kappa shape index (κ1) is 18.6. The van der Waals surface area contributed by atoms with Crippen molar-refractivity contribution in [2.45, 2.75) is 4.90 Å². The number of aromatic nitrogens is 2. The second kappa shape index (κ2) is 7.44. The van der Waals surface area contributed by atoms with Gasteiger partial charge in [0, 0.05) is 5.39 Å². The minimum Gasteiger partial charge on any atom is -0.279 e. The van der Waals surface area contributed by atoms with E-state index in [1.165, 1.54) is 11.3 Å². The Morgan fingerprint density at radius 3 is 2.40 bits per heavy atom. The minimum absolute atomic E-state index is 0.140. The maximum absolute atomic E-state index is 13.4. The summed E-state index contributed by atoms with van der Waals surface area (Å²) in [5.74, 6) is 0. The third-order valence-corrected chi connectivity index (χ3v) is 7.02. The van der Waals surface area contributed by atoms with Crippen molar-refractivity contribution < 1.29 is 8.42 Å². The normalized spacial score (nSPS) is 11.6. The van der Waals surface area contributed by atoms with E-state index < -0.39 is 10.0 Å². The standard InChI is InChI=1S/C23H17N3O2S2/c27-30(28,25-20-13-6-9-17-8-4-5-12-19(17)20)22-16-26(18-10-2-1-3-11-18)24-23(22)21-14-7-15-29-21/h1-16,25H. The predicted molar refractivity (Wildman–Crippen MR) is 122 cm³/mol. The van der Waals surface area contributed by atoms with E-state index in [4.69, 9.17) is 0 Å². The minimum atomic E-state index is -3.88. The Bertz CT molecular complexity index is 1420. The third-order valence-electron chi connectivity index (χ3n) is 4.78. The molecule has 0 unspecified atom stereocenters. The molecular weight excluding hydrogens is 414 g/mol. The number of sulfonamides is 1. The van der Waals surface area contributed by atoms with Crippen molar-refractivity contribution in [1.29, 1.82) is 0 Å². The molecule has 0 atom stereocenters. The van der Waals surface area contributed by atoms with Gasteiger partial charge in [0.05, 0.1) is 22.4 Å². The zero-order chi connectivity index (χ0) is 20.6. The summed E-state index contributed by atoms with van der Waals surface area (Å²) in [5.41, 5.74) is 1.76. The van der Waals surface area contributed by atoms with E-state index in [-0.39, 0.29) is 4.90 Å². The van der Waals surface area contributed by atoms with Crippen LogP contribution in [-0.2, 0) is 10.0 Å². The first-order chi connectivity index (χ1) is 14.6. The lowest BCUT2D eigenvalue weighted by atomic mass is 10.1. The smallest absolute Gasteiger partial charge is 0.265 e. The lowest BCUT2D eigenvalue weighted by molar-refractivity contribution is 0.601. The van der Waals surface area contributed by atoms with Gasteiger partial charge in [-0.3, -0.25) is 4.72 Å². The number of benzene rings is 3. The summed E-state index contributed by atoms with van der Waals surface area (Å²) in [5, 5.41) is 8.32. The molecule has 5 rings (SSSR count). The molecule has 0 spiro atoms. The average molecular weight is 432 g/mol. The van der Waals surface area contributed by atoms with Crippen LogP contribution < -0.4 is 4.72 Å². The second-order valence-corrected chi connectivity index (χ2v) is 9.33. The molecule has 0 radical (unpaired) electrons. The topological polar surface area (TPSA) is 64.0 Å². The second-order valence-electron chi connectivity index (χ2n) is 6.73. The zero-order valence-corrected chi connectivity index (χ0v) is 17.4. The van der Waals surface area contributed by atoms with Crippen LogP contribution in [0.3, 0.4) is 0 Å². The third kappa shape index (κ3) is 3.38. The first-order valence-electron chi connectivity index (χ1n) is 9.31. The summed E-state index contributed by atoms with van der Waals surface area (Å²) < 4.78 is 31.3. The number of para-hydroxylation sites is 1. The number of fused-ring (bicyclic) bond motifs is 1. The van der Waals surface area contributed by atoms with Gasteiger partial charge in [-0.1, -0.05) is 60.7 Å². The summed E-state index contributed by atoms with van der Waals surface area (Å²) in [4.78, 5) is 0.935. The largest absolute Gasteiger partial charge is 0.279 e. The van der Waals surface area contributed by atoms with Gasteiger partial charge in [0.1, 0.15) is 10.6 Å². The van der Waals surface area contributed by atoms with Gasteiger partial charge in [-0.2, -0.15) is 5.10 Å². The molecule has 1 N–H and O–H groups in total. The van der Waals surface area contributed by atoms with Gasteiger partial charge < -0.3 is 0 Å². The molecule has 0 saturated heterocycles. The molecule has 7 heteroatoms. The SMILES string of the molecule is O=S(=O)(Nc1cccc2ccccc12)c1cn(-c2ccccc2)nc1-c1cccs1. The fourth-order valence-electron chi connectivity index (χ4n) is 3.37. The van der Waals surface area contributed by atoms with Crippen LogP contribution in [0.25, 0.3) is 27.0 Å². The summed E-state index contributed by atoms with van der Waals surface area (Å²) in [6.07, 6.45) is 1.57. The Morgan fingerprint density at radius 2 is 1.60 bits per heavy atom. The Morgan fingerprint density at radius 1 is 0.833 bits per heavy atom. The average Bonchev–Trinajstić information content (AvgIpc) is 3.45. The summed E-state index contributed by atoms with van der Waals surface area (Å²) in [6, 6.07) is 26.5. The number of hydrogen-bond acceptors (Lipinski definition) is 4. The van der Waals surface area contributed by atoms with Crippen molar-refractivity contribution in [2.24, 2.45) is 0 Å². The van der Waals surface area contributed by atoms with Gasteiger partial charge in [-0.05, 0) is 35.0 Å². The molecule has 148 valence electrons. The highest BCUT2D eigenvalue weighted by molar-refractivity contribution is 7.92. The van der Waals surface area contributed by atoms with Crippen LogP contribution in [-0.4, -0.2) is 18.2 Å². The lowest BCUT2D eigenvalue weighted by Crippen LogP contribution is -2.13. The number of hydrogen-bond donors (Lipinski definition) is 1. The Labute approximate surface area is 178 Å². The molecule has 0 saturated carbocycles. The summed E-state index contributed by atoms with van der Waals surface area (Å²) in [6.45, 7) is 0. The van der Waals surface area contributed by atoms with Crippen LogP contribution in [0.1, 0.15) is 0 Å². The highest BCUT2D eigenvalue weighted by Crippen LogP contribution is 2.33. The van der Waals surface area contributed by atoms with Gasteiger partial charge in [-0.25, -0.2) is 13.1 Å². The van der Waals surface area contributed by atoms with Crippen molar-refractivity contribution in [3.05, 3.63) is 96.5 Å². The molecule has 2 heterocycles. The zero-order valence-electron chi connectivity index (χ0n) is 15.8. The quantitative estimate of drug-likeness (QED) is 0.396. The fourth-order valence-corrected chi connectivity index (χ4v) is 5.38. The Hall–Kier alpha value is -3.42. The van der Waals surface area contributed by atoms with Crippen LogP contribution >= 0.6 is 11.3 Å². The molecule has 30 heavy (non-hydrogen) atoms. The van der Waals surface area contributed by atoms with Crippen molar-refractivity contribution in [3.63, 3.8) is 0 Å². The molecular formula is C23H17N3O2S2. The van der Waals surface area contributed by atoms with Crippen LogP contribution in [0.4, 0.5) is 5.69 Å². The van der Waals surface area contributed by atoms with E-state index in [0.29, 0.717) is 11.4 Å². The molecule has 2 aromatic heterocycles. The lowest BCUT2D eigenvalue weighted by Gasteiger charge is -2.10. The molecule has 3 aromatic carbocycles. The van der Waals surface area contributed by atoms with Crippen LogP contribution in [0, 0.1) is 0 Å². The van der Waals surface area contributed by atoms with Crippen molar-refractivity contribution in [2.75, 3.05) is 4.72 Å². The van der Waals surface area contributed by atoms with Crippen molar-refractivity contribution >= 4 is 37.8 Å². The molecule has 0 fully saturated rings.